The van der Waals surface area contributed by atoms with E-state index in [0.717, 1.165) is 23.2 Å². The zero-order valence-electron chi connectivity index (χ0n) is 10.1. The molecule has 1 aromatic carbocycles. The van der Waals surface area contributed by atoms with Crippen LogP contribution in [-0.2, 0) is 0 Å². The molecule has 0 radical (unpaired) electrons. The van der Waals surface area contributed by atoms with Crippen LogP contribution in [0.1, 0.15) is 27.3 Å². The molecule has 0 aliphatic heterocycles. The molecular formula is C14H14FNO. The SMILES string of the molecule is Cc1c(C=O)c(C)n(-c2ccccc2F)c1C. The molecule has 2 nitrogen and oxygen atoms in total. The third kappa shape index (κ3) is 1.68. The molecule has 88 valence electrons. The van der Waals surface area contributed by atoms with Gasteiger partial charge in [0.05, 0.1) is 5.69 Å². The van der Waals surface area contributed by atoms with Crippen molar-refractivity contribution in [2.45, 2.75) is 20.8 Å². The molecule has 0 unspecified atom stereocenters. The van der Waals surface area contributed by atoms with Gasteiger partial charge in [0.25, 0.3) is 0 Å². The topological polar surface area (TPSA) is 22.0 Å². The number of hydrogen-bond donors (Lipinski definition) is 0. The summed E-state index contributed by atoms with van der Waals surface area (Å²) in [5.74, 6) is -0.286. The summed E-state index contributed by atoms with van der Waals surface area (Å²) >= 11 is 0. The maximum absolute atomic E-state index is 13.8. The number of carbonyl (C=O) groups excluding carboxylic acids is 1. The summed E-state index contributed by atoms with van der Waals surface area (Å²) in [5, 5.41) is 0. The number of halogens is 1. The molecule has 0 N–H and O–H groups in total. The number of carbonyl (C=O) groups is 1. The first-order valence-electron chi connectivity index (χ1n) is 5.46. The van der Waals surface area contributed by atoms with Crippen LogP contribution >= 0.6 is 0 Å². The van der Waals surface area contributed by atoms with Gasteiger partial charge in [-0.25, -0.2) is 4.39 Å². The molecule has 17 heavy (non-hydrogen) atoms. The van der Waals surface area contributed by atoms with E-state index in [0.29, 0.717) is 11.3 Å². The lowest BCUT2D eigenvalue weighted by atomic mass is 10.1. The van der Waals surface area contributed by atoms with Crippen molar-refractivity contribution in [2.75, 3.05) is 0 Å². The Morgan fingerprint density at radius 1 is 1.12 bits per heavy atom. The fourth-order valence-electron chi connectivity index (χ4n) is 2.17. The van der Waals surface area contributed by atoms with Crippen molar-refractivity contribution in [1.29, 1.82) is 0 Å². The van der Waals surface area contributed by atoms with Crippen molar-refractivity contribution in [3.8, 4) is 5.69 Å². The highest BCUT2D eigenvalue weighted by Crippen LogP contribution is 2.25. The van der Waals surface area contributed by atoms with Gasteiger partial charge in [-0.1, -0.05) is 12.1 Å². The Morgan fingerprint density at radius 2 is 1.76 bits per heavy atom. The molecule has 0 spiro atoms. The first-order chi connectivity index (χ1) is 8.07. The summed E-state index contributed by atoms with van der Waals surface area (Å²) in [6, 6.07) is 6.57. The Kier molecular flexibility index (Phi) is 2.84. The number of aromatic nitrogens is 1. The van der Waals surface area contributed by atoms with Crippen molar-refractivity contribution in [1.82, 2.24) is 4.57 Å². The van der Waals surface area contributed by atoms with Gasteiger partial charge in [0.1, 0.15) is 5.82 Å². The van der Waals surface area contributed by atoms with Gasteiger partial charge in [-0.3, -0.25) is 4.79 Å². The fourth-order valence-corrected chi connectivity index (χ4v) is 2.17. The van der Waals surface area contributed by atoms with E-state index >= 15 is 0 Å². The van der Waals surface area contributed by atoms with E-state index in [1.165, 1.54) is 6.07 Å². The molecule has 1 heterocycles. The highest BCUT2D eigenvalue weighted by Gasteiger charge is 2.16. The molecule has 0 fully saturated rings. The van der Waals surface area contributed by atoms with Crippen LogP contribution in [0.2, 0.25) is 0 Å². The second-order valence-corrected chi connectivity index (χ2v) is 4.11. The van der Waals surface area contributed by atoms with Crippen molar-refractivity contribution in [3.05, 3.63) is 52.6 Å². The summed E-state index contributed by atoms with van der Waals surface area (Å²) in [6.45, 7) is 5.60. The average Bonchev–Trinajstić information content (AvgIpc) is 2.52. The van der Waals surface area contributed by atoms with Crippen LogP contribution in [-0.4, -0.2) is 10.9 Å². The lowest BCUT2D eigenvalue weighted by Crippen LogP contribution is -2.02. The molecule has 2 rings (SSSR count). The Morgan fingerprint density at radius 3 is 2.29 bits per heavy atom. The maximum atomic E-state index is 13.8. The normalized spacial score (nSPS) is 10.6. The van der Waals surface area contributed by atoms with E-state index in [4.69, 9.17) is 0 Å². The van der Waals surface area contributed by atoms with Gasteiger partial charge < -0.3 is 4.57 Å². The van der Waals surface area contributed by atoms with Gasteiger partial charge in [-0.15, -0.1) is 0 Å². The molecule has 1 aromatic heterocycles. The molecule has 0 aliphatic rings. The van der Waals surface area contributed by atoms with E-state index in [1.807, 2.05) is 20.8 Å². The Hall–Kier alpha value is -1.90. The third-order valence-corrected chi connectivity index (χ3v) is 3.22. The van der Waals surface area contributed by atoms with Gasteiger partial charge in [0.15, 0.2) is 6.29 Å². The van der Waals surface area contributed by atoms with Crippen LogP contribution in [0.4, 0.5) is 4.39 Å². The van der Waals surface area contributed by atoms with Crippen molar-refractivity contribution in [3.63, 3.8) is 0 Å². The third-order valence-electron chi connectivity index (χ3n) is 3.22. The number of rotatable bonds is 2. The van der Waals surface area contributed by atoms with E-state index < -0.39 is 0 Å². The zero-order chi connectivity index (χ0) is 12.6. The molecular weight excluding hydrogens is 217 g/mol. The average molecular weight is 231 g/mol. The molecule has 3 heteroatoms. The van der Waals surface area contributed by atoms with E-state index in [1.54, 1.807) is 22.8 Å². The summed E-state index contributed by atoms with van der Waals surface area (Å²) in [6.07, 6.45) is 0.828. The monoisotopic (exact) mass is 231 g/mol. The van der Waals surface area contributed by atoms with Crippen LogP contribution in [0.5, 0.6) is 0 Å². The summed E-state index contributed by atoms with van der Waals surface area (Å²) in [7, 11) is 0. The maximum Gasteiger partial charge on any atom is 0.152 e. The van der Waals surface area contributed by atoms with Crippen LogP contribution in [0.25, 0.3) is 5.69 Å². The number of para-hydroxylation sites is 1. The van der Waals surface area contributed by atoms with Gasteiger partial charge in [0, 0.05) is 17.0 Å². The molecule has 0 bridgehead atoms. The van der Waals surface area contributed by atoms with Gasteiger partial charge in [-0.2, -0.15) is 0 Å². The highest BCUT2D eigenvalue weighted by molar-refractivity contribution is 5.80. The first-order valence-corrected chi connectivity index (χ1v) is 5.46. The minimum atomic E-state index is -0.286. The van der Waals surface area contributed by atoms with E-state index in [9.17, 15) is 9.18 Å². The summed E-state index contributed by atoms with van der Waals surface area (Å²) in [5.41, 5.74) is 3.71. The second kappa shape index (κ2) is 4.17. The lowest BCUT2D eigenvalue weighted by Gasteiger charge is -2.10. The number of benzene rings is 1. The smallest absolute Gasteiger partial charge is 0.152 e. The molecule has 0 amide bonds. The predicted molar refractivity (Wildman–Crippen MR) is 65.3 cm³/mol. The second-order valence-electron chi connectivity index (χ2n) is 4.11. The van der Waals surface area contributed by atoms with Crippen molar-refractivity contribution in [2.24, 2.45) is 0 Å². The summed E-state index contributed by atoms with van der Waals surface area (Å²) in [4.78, 5) is 11.0. The van der Waals surface area contributed by atoms with Crippen molar-refractivity contribution >= 4 is 6.29 Å². The van der Waals surface area contributed by atoms with Gasteiger partial charge in [-0.05, 0) is 38.5 Å². The molecule has 0 saturated heterocycles. The van der Waals surface area contributed by atoms with Crippen molar-refractivity contribution < 1.29 is 9.18 Å². The minimum absolute atomic E-state index is 0.286. The Bertz CT molecular complexity index is 584. The van der Waals surface area contributed by atoms with Gasteiger partial charge in [0.2, 0.25) is 0 Å². The lowest BCUT2D eigenvalue weighted by molar-refractivity contribution is 0.112. The van der Waals surface area contributed by atoms with Gasteiger partial charge >= 0.3 is 0 Å². The molecule has 2 aromatic rings. The van der Waals surface area contributed by atoms with E-state index in [2.05, 4.69) is 0 Å². The number of hydrogen-bond acceptors (Lipinski definition) is 1. The number of nitrogens with zero attached hydrogens (tertiary/aromatic N) is 1. The largest absolute Gasteiger partial charge is 0.315 e. The standard InChI is InChI=1S/C14H14FNO/c1-9-10(2)16(11(3)12(9)8-17)14-7-5-4-6-13(14)15/h4-8H,1-3H3. The fraction of sp³-hybridized carbons (Fsp3) is 0.214. The molecule has 0 atom stereocenters. The van der Waals surface area contributed by atoms with Crippen LogP contribution < -0.4 is 0 Å². The Balaban J connectivity index is 2.77. The minimum Gasteiger partial charge on any atom is -0.315 e. The van der Waals surface area contributed by atoms with Crippen LogP contribution in [0, 0.1) is 26.6 Å². The molecule has 0 aliphatic carbocycles. The van der Waals surface area contributed by atoms with Crippen LogP contribution in [0.15, 0.2) is 24.3 Å². The summed E-state index contributed by atoms with van der Waals surface area (Å²) < 4.78 is 15.6. The number of aldehydes is 1. The predicted octanol–water partition coefficient (Wildman–Crippen LogP) is 3.35. The van der Waals surface area contributed by atoms with Crippen LogP contribution in [0.3, 0.4) is 0 Å². The highest BCUT2D eigenvalue weighted by atomic mass is 19.1. The van der Waals surface area contributed by atoms with E-state index in [-0.39, 0.29) is 5.82 Å². The zero-order valence-corrected chi connectivity index (χ0v) is 10.1. The quantitative estimate of drug-likeness (QED) is 0.726. The first kappa shape index (κ1) is 11.6. The Labute approximate surface area is 99.7 Å². The molecule has 0 saturated carbocycles.